The quantitative estimate of drug-likeness (QED) is 0.886. The summed E-state index contributed by atoms with van der Waals surface area (Å²) in [4.78, 5) is 13.4. The third-order valence-electron chi connectivity index (χ3n) is 2.84. The van der Waals surface area contributed by atoms with Gasteiger partial charge in [-0.15, -0.1) is 11.3 Å². The van der Waals surface area contributed by atoms with Crippen LogP contribution in [-0.4, -0.2) is 22.1 Å². The summed E-state index contributed by atoms with van der Waals surface area (Å²) in [6.07, 6.45) is 0.966. The van der Waals surface area contributed by atoms with Crippen LogP contribution in [0.5, 0.6) is 0 Å². The molecular weight excluding hydrogens is 272 g/mol. The van der Waals surface area contributed by atoms with E-state index in [-0.39, 0.29) is 6.04 Å². The Morgan fingerprint density at radius 1 is 1.35 bits per heavy atom. The van der Waals surface area contributed by atoms with Gasteiger partial charge in [-0.05, 0) is 20.3 Å². The molecule has 2 rings (SSSR count). The number of aromatic nitrogens is 3. The van der Waals surface area contributed by atoms with E-state index in [1.807, 2.05) is 13.0 Å². The van der Waals surface area contributed by atoms with Gasteiger partial charge in [0.15, 0.2) is 5.82 Å². The average Bonchev–Trinajstić information content (AvgIpc) is 2.87. The monoisotopic (exact) mass is 292 g/mol. The molecule has 1 unspecified atom stereocenters. The second kappa shape index (κ2) is 6.76. The van der Waals surface area contributed by atoms with E-state index in [0.29, 0.717) is 12.4 Å². The van der Waals surface area contributed by atoms with Crippen molar-refractivity contribution < 1.29 is 4.74 Å². The molecule has 2 aromatic rings. The first-order valence-corrected chi connectivity index (χ1v) is 7.54. The van der Waals surface area contributed by atoms with Crippen LogP contribution in [0.25, 0.3) is 0 Å². The first-order chi connectivity index (χ1) is 9.62. The normalized spacial score (nSPS) is 12.4. The largest absolute Gasteiger partial charge is 0.377 e. The number of hydrogen-bond acceptors (Lipinski definition) is 6. The number of methoxy groups -OCH3 is 1. The van der Waals surface area contributed by atoms with Gasteiger partial charge in [-0.1, -0.05) is 6.92 Å². The molecule has 0 saturated heterocycles. The molecule has 5 nitrogen and oxygen atoms in total. The highest BCUT2D eigenvalue weighted by Gasteiger charge is 2.11. The molecule has 0 aliphatic rings. The molecule has 0 spiro atoms. The lowest BCUT2D eigenvalue weighted by Crippen LogP contribution is -2.10. The molecule has 0 aromatic carbocycles. The van der Waals surface area contributed by atoms with Gasteiger partial charge < -0.3 is 10.1 Å². The minimum absolute atomic E-state index is 0.130. The van der Waals surface area contributed by atoms with Gasteiger partial charge in [0.1, 0.15) is 17.4 Å². The highest BCUT2D eigenvalue weighted by Crippen LogP contribution is 2.22. The fourth-order valence-electron chi connectivity index (χ4n) is 1.87. The Kier molecular flexibility index (Phi) is 5.03. The van der Waals surface area contributed by atoms with E-state index in [1.165, 1.54) is 0 Å². The maximum Gasteiger partial charge on any atom is 0.156 e. The van der Waals surface area contributed by atoms with E-state index in [9.17, 15) is 0 Å². The molecule has 1 atom stereocenters. The van der Waals surface area contributed by atoms with Gasteiger partial charge >= 0.3 is 0 Å². The molecule has 2 heterocycles. The number of thiazole rings is 1. The van der Waals surface area contributed by atoms with E-state index in [2.05, 4.69) is 39.5 Å². The van der Waals surface area contributed by atoms with Crippen molar-refractivity contribution in [2.45, 2.75) is 39.8 Å². The van der Waals surface area contributed by atoms with Crippen molar-refractivity contribution in [3.8, 4) is 0 Å². The maximum atomic E-state index is 5.08. The summed E-state index contributed by atoms with van der Waals surface area (Å²) in [7, 11) is 1.64. The lowest BCUT2D eigenvalue weighted by atomic mass is 10.3. The molecule has 2 aromatic heterocycles. The summed E-state index contributed by atoms with van der Waals surface area (Å²) in [5, 5.41) is 6.56. The van der Waals surface area contributed by atoms with Crippen molar-refractivity contribution in [3.05, 3.63) is 33.7 Å². The lowest BCUT2D eigenvalue weighted by molar-refractivity contribution is 0.177. The van der Waals surface area contributed by atoms with Gasteiger partial charge in [0.25, 0.3) is 0 Å². The summed E-state index contributed by atoms with van der Waals surface area (Å²) >= 11 is 1.68. The lowest BCUT2D eigenvalue weighted by Gasteiger charge is -2.13. The first-order valence-electron chi connectivity index (χ1n) is 6.66. The molecule has 0 aliphatic carbocycles. The SMILES string of the molecule is CCc1csc(C(C)Nc2cc(C)nc(COC)n2)n1. The van der Waals surface area contributed by atoms with Crippen LogP contribution in [0.4, 0.5) is 5.82 Å². The number of hydrogen-bond donors (Lipinski definition) is 1. The molecule has 108 valence electrons. The van der Waals surface area contributed by atoms with Gasteiger partial charge in [0.05, 0.1) is 11.7 Å². The highest BCUT2D eigenvalue weighted by molar-refractivity contribution is 7.09. The average molecular weight is 292 g/mol. The number of anilines is 1. The summed E-state index contributed by atoms with van der Waals surface area (Å²) in [6, 6.07) is 2.06. The zero-order valence-electron chi connectivity index (χ0n) is 12.3. The second-order valence-electron chi connectivity index (χ2n) is 4.64. The van der Waals surface area contributed by atoms with Crippen molar-refractivity contribution in [3.63, 3.8) is 0 Å². The Morgan fingerprint density at radius 3 is 2.80 bits per heavy atom. The fraction of sp³-hybridized carbons (Fsp3) is 0.500. The molecule has 0 amide bonds. The van der Waals surface area contributed by atoms with Gasteiger partial charge in [-0.2, -0.15) is 0 Å². The third kappa shape index (κ3) is 3.74. The van der Waals surface area contributed by atoms with Crippen molar-refractivity contribution in [1.29, 1.82) is 0 Å². The third-order valence-corrected chi connectivity index (χ3v) is 3.92. The number of aryl methyl sites for hydroxylation is 2. The second-order valence-corrected chi connectivity index (χ2v) is 5.53. The molecule has 0 saturated carbocycles. The summed E-state index contributed by atoms with van der Waals surface area (Å²) in [5.74, 6) is 1.50. The Balaban J connectivity index is 2.12. The minimum Gasteiger partial charge on any atom is -0.377 e. The highest BCUT2D eigenvalue weighted by atomic mass is 32.1. The maximum absolute atomic E-state index is 5.08. The number of nitrogens with zero attached hydrogens (tertiary/aromatic N) is 3. The molecule has 0 fully saturated rings. The van der Waals surface area contributed by atoms with Gasteiger partial charge in [-0.3, -0.25) is 0 Å². The van der Waals surface area contributed by atoms with E-state index in [1.54, 1.807) is 18.4 Å². The molecule has 0 radical (unpaired) electrons. The first kappa shape index (κ1) is 14.9. The van der Waals surface area contributed by atoms with E-state index in [0.717, 1.165) is 28.6 Å². The zero-order chi connectivity index (χ0) is 14.5. The van der Waals surface area contributed by atoms with Crippen LogP contribution >= 0.6 is 11.3 Å². The predicted octanol–water partition coefficient (Wildman–Crippen LogP) is 3.12. The molecule has 1 N–H and O–H groups in total. The minimum atomic E-state index is 0.130. The Labute approximate surface area is 123 Å². The van der Waals surface area contributed by atoms with Crippen molar-refractivity contribution in [2.24, 2.45) is 0 Å². The molecule has 0 bridgehead atoms. The summed E-state index contributed by atoms with van der Waals surface area (Å²) in [6.45, 7) is 6.57. The predicted molar refractivity (Wildman–Crippen MR) is 81.0 cm³/mol. The van der Waals surface area contributed by atoms with Crippen molar-refractivity contribution in [1.82, 2.24) is 15.0 Å². The Hall–Kier alpha value is -1.53. The van der Waals surface area contributed by atoms with Crippen LogP contribution in [0.1, 0.15) is 42.1 Å². The van der Waals surface area contributed by atoms with Gasteiger partial charge in [-0.25, -0.2) is 15.0 Å². The van der Waals surface area contributed by atoms with Crippen LogP contribution in [0, 0.1) is 6.92 Å². The zero-order valence-corrected chi connectivity index (χ0v) is 13.1. The molecule has 6 heteroatoms. The van der Waals surface area contributed by atoms with Crippen LogP contribution in [-0.2, 0) is 17.8 Å². The van der Waals surface area contributed by atoms with Crippen LogP contribution in [0.15, 0.2) is 11.4 Å². The number of ether oxygens (including phenoxy) is 1. The van der Waals surface area contributed by atoms with Crippen LogP contribution in [0.2, 0.25) is 0 Å². The van der Waals surface area contributed by atoms with Crippen LogP contribution in [0.3, 0.4) is 0 Å². The summed E-state index contributed by atoms with van der Waals surface area (Å²) < 4.78 is 5.08. The summed E-state index contributed by atoms with van der Waals surface area (Å²) in [5.41, 5.74) is 2.06. The van der Waals surface area contributed by atoms with Gasteiger partial charge in [0.2, 0.25) is 0 Å². The molecular formula is C14H20N4OS. The standard InChI is InChI=1S/C14H20N4OS/c1-5-11-8-20-14(17-11)10(3)16-12-6-9(2)15-13(18-12)7-19-4/h6,8,10H,5,7H2,1-4H3,(H,15,16,18). The fourth-order valence-corrected chi connectivity index (χ4v) is 2.77. The van der Waals surface area contributed by atoms with Crippen molar-refractivity contribution >= 4 is 17.2 Å². The smallest absolute Gasteiger partial charge is 0.156 e. The topological polar surface area (TPSA) is 59.9 Å². The van der Waals surface area contributed by atoms with Gasteiger partial charge in [0, 0.05) is 24.3 Å². The molecule has 0 aliphatic heterocycles. The van der Waals surface area contributed by atoms with Crippen molar-refractivity contribution in [2.75, 3.05) is 12.4 Å². The van der Waals surface area contributed by atoms with Crippen LogP contribution < -0.4 is 5.32 Å². The Morgan fingerprint density at radius 2 is 2.15 bits per heavy atom. The Bertz CT molecular complexity index is 570. The number of nitrogens with one attached hydrogen (secondary N) is 1. The molecule has 20 heavy (non-hydrogen) atoms. The van der Waals surface area contributed by atoms with E-state index >= 15 is 0 Å². The van der Waals surface area contributed by atoms with E-state index in [4.69, 9.17) is 4.74 Å². The number of rotatable bonds is 6. The van der Waals surface area contributed by atoms with E-state index < -0.39 is 0 Å².